The molecule has 0 saturated heterocycles. The number of rotatable bonds is 6. The summed E-state index contributed by atoms with van der Waals surface area (Å²) in [4.78, 5) is 11.5. The smallest absolute Gasteiger partial charge is 0.313 e. The quantitative estimate of drug-likeness (QED) is 0.516. The minimum atomic E-state index is -0.314. The molecule has 4 heteroatoms. The SMILES string of the molecule is CCCCO[C@H]1C[C@@H](C(=O)OCC)C=CO1. The standard InChI is InChI=1S/C12H20O4/c1-3-5-7-15-11-9-10(6-8-16-11)12(13)14-4-2/h6,8,10-11H,3-5,7,9H2,1-2H3/t10-,11+/m0/s1. The van der Waals surface area contributed by atoms with Crippen molar-refractivity contribution in [3.63, 3.8) is 0 Å². The molecule has 0 spiro atoms. The van der Waals surface area contributed by atoms with E-state index in [1.165, 1.54) is 6.26 Å². The first-order valence-corrected chi connectivity index (χ1v) is 5.88. The van der Waals surface area contributed by atoms with Crippen molar-refractivity contribution in [1.29, 1.82) is 0 Å². The van der Waals surface area contributed by atoms with Gasteiger partial charge in [0.1, 0.15) is 0 Å². The Bertz CT molecular complexity index is 237. The van der Waals surface area contributed by atoms with Gasteiger partial charge in [-0.3, -0.25) is 4.79 Å². The Hall–Kier alpha value is -1.03. The van der Waals surface area contributed by atoms with Gasteiger partial charge in [0.25, 0.3) is 0 Å². The van der Waals surface area contributed by atoms with Crippen molar-refractivity contribution in [2.75, 3.05) is 13.2 Å². The molecule has 0 fully saturated rings. The Morgan fingerprint density at radius 2 is 2.31 bits per heavy atom. The summed E-state index contributed by atoms with van der Waals surface area (Å²) < 4.78 is 15.7. The first-order valence-electron chi connectivity index (χ1n) is 5.88. The molecule has 0 aromatic rings. The van der Waals surface area contributed by atoms with Gasteiger partial charge in [0.05, 0.1) is 25.4 Å². The van der Waals surface area contributed by atoms with E-state index in [9.17, 15) is 4.79 Å². The molecule has 0 amide bonds. The molecule has 0 unspecified atom stereocenters. The summed E-state index contributed by atoms with van der Waals surface area (Å²) >= 11 is 0. The fourth-order valence-corrected chi connectivity index (χ4v) is 1.46. The molecule has 0 radical (unpaired) electrons. The molecule has 1 heterocycles. The number of hydrogen-bond acceptors (Lipinski definition) is 4. The highest BCUT2D eigenvalue weighted by atomic mass is 16.7. The Balaban J connectivity index is 2.32. The number of esters is 1. The third-order valence-electron chi connectivity index (χ3n) is 2.38. The van der Waals surface area contributed by atoms with Crippen molar-refractivity contribution in [3.05, 3.63) is 12.3 Å². The highest BCUT2D eigenvalue weighted by Crippen LogP contribution is 2.19. The first-order chi connectivity index (χ1) is 7.77. The van der Waals surface area contributed by atoms with Gasteiger partial charge in [-0.05, 0) is 19.4 Å². The number of ether oxygens (including phenoxy) is 3. The zero-order valence-electron chi connectivity index (χ0n) is 9.98. The van der Waals surface area contributed by atoms with Crippen LogP contribution >= 0.6 is 0 Å². The van der Waals surface area contributed by atoms with Crippen LogP contribution in [0.1, 0.15) is 33.1 Å². The Morgan fingerprint density at radius 1 is 1.50 bits per heavy atom. The molecule has 0 aromatic heterocycles. The second kappa shape index (κ2) is 7.28. The van der Waals surface area contributed by atoms with E-state index in [2.05, 4.69) is 6.92 Å². The zero-order chi connectivity index (χ0) is 11.8. The van der Waals surface area contributed by atoms with Crippen molar-refractivity contribution in [1.82, 2.24) is 0 Å². The molecule has 1 aliphatic rings. The van der Waals surface area contributed by atoms with Crippen LogP contribution in [0.2, 0.25) is 0 Å². The van der Waals surface area contributed by atoms with Crippen LogP contribution in [0.5, 0.6) is 0 Å². The van der Waals surface area contributed by atoms with Gasteiger partial charge >= 0.3 is 5.97 Å². The Kier molecular flexibility index (Phi) is 5.93. The molecule has 16 heavy (non-hydrogen) atoms. The fraction of sp³-hybridized carbons (Fsp3) is 0.750. The lowest BCUT2D eigenvalue weighted by Gasteiger charge is -2.24. The summed E-state index contributed by atoms with van der Waals surface area (Å²) in [7, 11) is 0. The van der Waals surface area contributed by atoms with Crippen LogP contribution in [0.3, 0.4) is 0 Å². The predicted octanol–water partition coefficient (Wildman–Crippen LogP) is 2.24. The highest BCUT2D eigenvalue weighted by molar-refractivity contribution is 5.74. The maximum absolute atomic E-state index is 11.5. The van der Waals surface area contributed by atoms with E-state index >= 15 is 0 Å². The van der Waals surface area contributed by atoms with Crippen molar-refractivity contribution < 1.29 is 19.0 Å². The highest BCUT2D eigenvalue weighted by Gasteiger charge is 2.26. The summed E-state index contributed by atoms with van der Waals surface area (Å²) in [6.45, 7) is 4.98. The van der Waals surface area contributed by atoms with Gasteiger partial charge in [-0.25, -0.2) is 0 Å². The van der Waals surface area contributed by atoms with Crippen molar-refractivity contribution >= 4 is 5.97 Å². The van der Waals surface area contributed by atoms with Crippen molar-refractivity contribution in [2.24, 2.45) is 5.92 Å². The predicted molar refractivity (Wildman–Crippen MR) is 59.6 cm³/mol. The lowest BCUT2D eigenvalue weighted by atomic mass is 10.0. The molecule has 92 valence electrons. The van der Waals surface area contributed by atoms with Crippen LogP contribution in [0, 0.1) is 5.92 Å². The lowest BCUT2D eigenvalue weighted by Crippen LogP contribution is -2.28. The molecule has 0 saturated carbocycles. The molecule has 0 aliphatic carbocycles. The number of carbonyl (C=O) groups is 1. The summed E-state index contributed by atoms with van der Waals surface area (Å²) in [5.41, 5.74) is 0. The van der Waals surface area contributed by atoms with E-state index < -0.39 is 0 Å². The normalized spacial score (nSPS) is 23.9. The van der Waals surface area contributed by atoms with E-state index in [1.807, 2.05) is 0 Å². The molecule has 0 aromatic carbocycles. The van der Waals surface area contributed by atoms with E-state index in [1.54, 1.807) is 13.0 Å². The largest absolute Gasteiger partial charge is 0.473 e. The third-order valence-corrected chi connectivity index (χ3v) is 2.38. The van der Waals surface area contributed by atoms with Gasteiger partial charge < -0.3 is 14.2 Å². The van der Waals surface area contributed by atoms with Gasteiger partial charge in [0, 0.05) is 6.42 Å². The van der Waals surface area contributed by atoms with Crippen LogP contribution < -0.4 is 0 Å². The second-order valence-corrected chi connectivity index (χ2v) is 3.71. The third kappa shape index (κ3) is 4.23. The van der Waals surface area contributed by atoms with E-state index in [0.29, 0.717) is 19.6 Å². The van der Waals surface area contributed by atoms with Crippen LogP contribution in [-0.4, -0.2) is 25.5 Å². The fourth-order valence-electron chi connectivity index (χ4n) is 1.46. The molecule has 4 nitrogen and oxygen atoms in total. The number of hydrogen-bond donors (Lipinski definition) is 0. The van der Waals surface area contributed by atoms with Crippen LogP contribution in [0.25, 0.3) is 0 Å². The van der Waals surface area contributed by atoms with Gasteiger partial charge in [-0.1, -0.05) is 13.3 Å². The van der Waals surface area contributed by atoms with E-state index in [4.69, 9.17) is 14.2 Å². The molecule has 1 rings (SSSR count). The van der Waals surface area contributed by atoms with Crippen LogP contribution in [0.4, 0.5) is 0 Å². The maximum Gasteiger partial charge on any atom is 0.313 e. The molecule has 2 atom stereocenters. The number of unbranched alkanes of at least 4 members (excludes halogenated alkanes) is 1. The van der Waals surface area contributed by atoms with Crippen molar-refractivity contribution in [3.8, 4) is 0 Å². The van der Waals surface area contributed by atoms with Crippen LogP contribution in [0.15, 0.2) is 12.3 Å². The molecule has 0 N–H and O–H groups in total. The topological polar surface area (TPSA) is 44.8 Å². The second-order valence-electron chi connectivity index (χ2n) is 3.71. The van der Waals surface area contributed by atoms with E-state index in [0.717, 1.165) is 12.8 Å². The van der Waals surface area contributed by atoms with E-state index in [-0.39, 0.29) is 18.2 Å². The minimum Gasteiger partial charge on any atom is -0.473 e. The van der Waals surface area contributed by atoms with Gasteiger partial charge in [-0.2, -0.15) is 0 Å². The minimum absolute atomic E-state index is 0.203. The maximum atomic E-state index is 11.5. The average molecular weight is 228 g/mol. The number of carbonyl (C=O) groups excluding carboxylic acids is 1. The summed E-state index contributed by atoms with van der Waals surface area (Å²) in [5, 5.41) is 0. The molecule has 1 aliphatic heterocycles. The first kappa shape index (κ1) is 13.0. The van der Waals surface area contributed by atoms with Gasteiger partial charge in [-0.15, -0.1) is 0 Å². The summed E-state index contributed by atoms with van der Waals surface area (Å²) in [6, 6.07) is 0. The lowest BCUT2D eigenvalue weighted by molar-refractivity contribution is -0.157. The molecular weight excluding hydrogens is 208 g/mol. The van der Waals surface area contributed by atoms with Crippen LogP contribution in [-0.2, 0) is 19.0 Å². The average Bonchev–Trinajstić information content (AvgIpc) is 2.30. The summed E-state index contributed by atoms with van der Waals surface area (Å²) in [5.74, 6) is -0.438. The molecule has 0 bridgehead atoms. The Labute approximate surface area is 96.6 Å². The van der Waals surface area contributed by atoms with Gasteiger partial charge in [0.2, 0.25) is 0 Å². The van der Waals surface area contributed by atoms with Gasteiger partial charge in [0.15, 0.2) is 6.29 Å². The summed E-state index contributed by atoms with van der Waals surface area (Å²) in [6.07, 6.45) is 5.57. The van der Waals surface area contributed by atoms with Crippen molar-refractivity contribution in [2.45, 2.75) is 39.4 Å². The Morgan fingerprint density at radius 3 is 3.00 bits per heavy atom. The zero-order valence-corrected chi connectivity index (χ0v) is 9.98. The monoisotopic (exact) mass is 228 g/mol. The molecular formula is C12H20O4.